The summed E-state index contributed by atoms with van der Waals surface area (Å²) < 4.78 is 13.5. The number of nitrogens with two attached hydrogens (primary N) is 1. The molecular weight excluding hydrogens is 269 g/mol. The Bertz CT molecular complexity index is 484. The molecule has 0 spiro atoms. The summed E-state index contributed by atoms with van der Waals surface area (Å²) >= 11 is 0. The molecule has 1 aromatic carbocycles. The second-order valence-corrected chi connectivity index (χ2v) is 5.61. The van der Waals surface area contributed by atoms with Crippen LogP contribution in [0.2, 0.25) is 0 Å². The SMILES string of the molecule is CCCNCc1cc(F)ccc1N1CCC(C(N)=O)CC1. The van der Waals surface area contributed by atoms with Crippen molar-refractivity contribution in [3.05, 3.63) is 29.6 Å². The summed E-state index contributed by atoms with van der Waals surface area (Å²) in [4.78, 5) is 13.5. The first kappa shape index (κ1) is 15.8. The van der Waals surface area contributed by atoms with Crippen LogP contribution in [-0.4, -0.2) is 25.5 Å². The van der Waals surface area contributed by atoms with Crippen molar-refractivity contribution in [1.29, 1.82) is 0 Å². The Morgan fingerprint density at radius 3 is 2.76 bits per heavy atom. The van der Waals surface area contributed by atoms with Gasteiger partial charge in [-0.05, 0) is 49.6 Å². The molecule has 0 saturated carbocycles. The summed E-state index contributed by atoms with van der Waals surface area (Å²) in [6.07, 6.45) is 2.59. The smallest absolute Gasteiger partial charge is 0.220 e. The first-order valence-corrected chi connectivity index (χ1v) is 7.65. The Balaban J connectivity index is 2.06. The molecule has 0 radical (unpaired) electrons. The van der Waals surface area contributed by atoms with Gasteiger partial charge in [0, 0.05) is 31.2 Å². The van der Waals surface area contributed by atoms with Crippen LogP contribution in [0.3, 0.4) is 0 Å². The number of hydrogen-bond donors (Lipinski definition) is 2. The van der Waals surface area contributed by atoms with Gasteiger partial charge in [-0.3, -0.25) is 4.79 Å². The minimum atomic E-state index is -0.210. The molecule has 1 saturated heterocycles. The average Bonchev–Trinajstić information content (AvgIpc) is 2.48. The van der Waals surface area contributed by atoms with E-state index in [1.165, 1.54) is 6.07 Å². The average molecular weight is 293 g/mol. The molecule has 4 nitrogen and oxygen atoms in total. The van der Waals surface area contributed by atoms with Crippen LogP contribution in [0.1, 0.15) is 31.7 Å². The maximum Gasteiger partial charge on any atom is 0.220 e. The summed E-state index contributed by atoms with van der Waals surface area (Å²) in [5.41, 5.74) is 7.40. The Labute approximate surface area is 125 Å². The van der Waals surface area contributed by atoms with Gasteiger partial charge in [0.1, 0.15) is 5.82 Å². The summed E-state index contributed by atoms with van der Waals surface area (Å²) in [6, 6.07) is 4.93. The van der Waals surface area contributed by atoms with Crippen molar-refractivity contribution in [2.24, 2.45) is 11.7 Å². The summed E-state index contributed by atoms with van der Waals surface area (Å²) in [6.45, 7) is 5.27. The monoisotopic (exact) mass is 293 g/mol. The summed E-state index contributed by atoms with van der Waals surface area (Å²) in [5, 5.41) is 3.32. The van der Waals surface area contributed by atoms with Gasteiger partial charge in [-0.25, -0.2) is 4.39 Å². The zero-order chi connectivity index (χ0) is 15.2. The molecule has 116 valence electrons. The van der Waals surface area contributed by atoms with Gasteiger partial charge in [0.25, 0.3) is 0 Å². The van der Waals surface area contributed by atoms with Crippen molar-refractivity contribution in [3.63, 3.8) is 0 Å². The van der Waals surface area contributed by atoms with Crippen molar-refractivity contribution < 1.29 is 9.18 Å². The lowest BCUT2D eigenvalue weighted by molar-refractivity contribution is -0.122. The maximum absolute atomic E-state index is 13.5. The molecule has 1 amide bonds. The number of amides is 1. The zero-order valence-corrected chi connectivity index (χ0v) is 12.6. The fourth-order valence-corrected chi connectivity index (χ4v) is 2.81. The first-order valence-electron chi connectivity index (χ1n) is 7.65. The molecule has 1 fully saturated rings. The molecule has 2 rings (SSSR count). The van der Waals surface area contributed by atoms with Crippen LogP contribution in [0.25, 0.3) is 0 Å². The predicted molar refractivity (Wildman–Crippen MR) is 82.5 cm³/mol. The van der Waals surface area contributed by atoms with Crippen molar-refractivity contribution >= 4 is 11.6 Å². The van der Waals surface area contributed by atoms with Crippen molar-refractivity contribution in [1.82, 2.24) is 5.32 Å². The molecule has 1 aliphatic heterocycles. The Hall–Kier alpha value is -1.62. The van der Waals surface area contributed by atoms with E-state index in [0.717, 1.165) is 50.1 Å². The van der Waals surface area contributed by atoms with E-state index in [4.69, 9.17) is 5.73 Å². The van der Waals surface area contributed by atoms with Gasteiger partial charge in [0.15, 0.2) is 0 Å². The van der Waals surface area contributed by atoms with Gasteiger partial charge in [-0.1, -0.05) is 6.92 Å². The lowest BCUT2D eigenvalue weighted by Crippen LogP contribution is -2.39. The van der Waals surface area contributed by atoms with Crippen molar-refractivity contribution in [2.45, 2.75) is 32.7 Å². The number of carbonyl (C=O) groups excluding carboxylic acids is 1. The van der Waals surface area contributed by atoms with Crippen molar-refractivity contribution in [2.75, 3.05) is 24.5 Å². The third-order valence-corrected chi connectivity index (χ3v) is 4.02. The number of piperidine rings is 1. The predicted octanol–water partition coefficient (Wildman–Crippen LogP) is 2.03. The van der Waals surface area contributed by atoms with Gasteiger partial charge in [-0.2, -0.15) is 0 Å². The Morgan fingerprint density at radius 1 is 1.43 bits per heavy atom. The van der Waals surface area contributed by atoms with Crippen LogP contribution < -0.4 is 16.0 Å². The zero-order valence-electron chi connectivity index (χ0n) is 12.6. The topological polar surface area (TPSA) is 58.4 Å². The number of benzene rings is 1. The number of hydrogen-bond acceptors (Lipinski definition) is 3. The molecule has 1 aliphatic rings. The van der Waals surface area contributed by atoms with Crippen LogP contribution in [0.5, 0.6) is 0 Å². The third kappa shape index (κ3) is 4.17. The molecule has 0 bridgehead atoms. The highest BCUT2D eigenvalue weighted by Crippen LogP contribution is 2.27. The highest BCUT2D eigenvalue weighted by atomic mass is 19.1. The molecule has 5 heteroatoms. The van der Waals surface area contributed by atoms with E-state index >= 15 is 0 Å². The van der Waals surface area contributed by atoms with Crippen LogP contribution >= 0.6 is 0 Å². The van der Waals surface area contributed by atoms with Gasteiger partial charge < -0.3 is 16.0 Å². The Morgan fingerprint density at radius 2 is 2.14 bits per heavy atom. The number of anilines is 1. The first-order chi connectivity index (χ1) is 10.1. The molecule has 0 aromatic heterocycles. The third-order valence-electron chi connectivity index (χ3n) is 4.02. The molecule has 21 heavy (non-hydrogen) atoms. The second-order valence-electron chi connectivity index (χ2n) is 5.61. The van der Waals surface area contributed by atoms with Crippen LogP contribution in [0.4, 0.5) is 10.1 Å². The molecule has 1 aromatic rings. The highest BCUT2D eigenvalue weighted by Gasteiger charge is 2.24. The van der Waals surface area contributed by atoms with Crippen LogP contribution in [0, 0.1) is 11.7 Å². The van der Waals surface area contributed by atoms with Crippen LogP contribution in [0.15, 0.2) is 18.2 Å². The van der Waals surface area contributed by atoms with E-state index in [9.17, 15) is 9.18 Å². The minimum absolute atomic E-state index is 0.0247. The number of rotatable bonds is 6. The van der Waals surface area contributed by atoms with Gasteiger partial charge in [-0.15, -0.1) is 0 Å². The quantitative estimate of drug-likeness (QED) is 0.789. The van der Waals surface area contributed by atoms with Gasteiger partial charge in [0.2, 0.25) is 5.91 Å². The summed E-state index contributed by atoms with van der Waals surface area (Å²) in [7, 11) is 0. The lowest BCUT2D eigenvalue weighted by Gasteiger charge is -2.33. The lowest BCUT2D eigenvalue weighted by atomic mass is 9.95. The molecule has 0 unspecified atom stereocenters. The van der Waals surface area contributed by atoms with E-state index in [2.05, 4.69) is 17.1 Å². The van der Waals surface area contributed by atoms with Gasteiger partial charge >= 0.3 is 0 Å². The second kappa shape index (κ2) is 7.41. The molecule has 0 atom stereocenters. The number of primary amides is 1. The number of nitrogens with zero attached hydrogens (tertiary/aromatic N) is 1. The van der Waals surface area contributed by atoms with E-state index in [1.807, 2.05) is 6.07 Å². The fourth-order valence-electron chi connectivity index (χ4n) is 2.81. The van der Waals surface area contributed by atoms with E-state index in [1.54, 1.807) is 6.07 Å². The number of carbonyl (C=O) groups is 1. The highest BCUT2D eigenvalue weighted by molar-refractivity contribution is 5.77. The molecule has 3 N–H and O–H groups in total. The number of halogens is 1. The minimum Gasteiger partial charge on any atom is -0.371 e. The largest absolute Gasteiger partial charge is 0.371 e. The molecule has 1 heterocycles. The summed E-state index contributed by atoms with van der Waals surface area (Å²) in [5.74, 6) is -0.443. The standard InChI is InChI=1S/C16H24FN3O/c1-2-7-19-11-13-10-14(17)3-4-15(13)20-8-5-12(6-9-20)16(18)21/h3-4,10,12,19H,2,5-9,11H2,1H3,(H2,18,21). The normalized spacial score (nSPS) is 16.2. The molecular formula is C16H24FN3O. The fraction of sp³-hybridized carbons (Fsp3) is 0.562. The van der Waals surface area contributed by atoms with E-state index in [-0.39, 0.29) is 17.6 Å². The Kier molecular flexibility index (Phi) is 5.56. The van der Waals surface area contributed by atoms with E-state index < -0.39 is 0 Å². The van der Waals surface area contributed by atoms with Gasteiger partial charge in [0.05, 0.1) is 0 Å². The van der Waals surface area contributed by atoms with E-state index in [0.29, 0.717) is 6.54 Å². The van der Waals surface area contributed by atoms with Crippen molar-refractivity contribution in [3.8, 4) is 0 Å². The number of nitrogens with one attached hydrogen (secondary N) is 1. The maximum atomic E-state index is 13.5. The molecule has 0 aliphatic carbocycles. The van der Waals surface area contributed by atoms with Crippen LogP contribution in [-0.2, 0) is 11.3 Å².